The van der Waals surface area contributed by atoms with Crippen molar-refractivity contribution in [2.75, 3.05) is 13.2 Å². The Hall–Kier alpha value is -1.79. The fourth-order valence-electron chi connectivity index (χ4n) is 1.62. The number of ether oxygens (including phenoxy) is 1. The van der Waals surface area contributed by atoms with Crippen molar-refractivity contribution in [1.29, 1.82) is 0 Å². The molecule has 0 radical (unpaired) electrons. The number of carbonyl (C=O) groups excluding carboxylic acids is 1. The minimum absolute atomic E-state index is 0.200. The average Bonchev–Trinajstić information content (AvgIpc) is 2.82. The first kappa shape index (κ1) is 15.6. The predicted molar refractivity (Wildman–Crippen MR) is 81.4 cm³/mol. The summed E-state index contributed by atoms with van der Waals surface area (Å²) >= 11 is 11.7. The number of hydrogen-bond acceptors (Lipinski definition) is 4. The molecule has 112 valence electrons. The minimum Gasteiger partial charge on any atom is -0.449 e. The Kier molecular flexibility index (Phi) is 5.03. The SMILES string of the molecule is CCOC(=O)N1C/C(=N\Oc2ccc(Cl)c(Cl)c2)N=C1C. The molecule has 1 aromatic carbocycles. The highest BCUT2D eigenvalue weighted by molar-refractivity contribution is 6.42. The fourth-order valence-corrected chi connectivity index (χ4v) is 1.91. The number of aliphatic imine (C=N–C) groups is 1. The highest BCUT2D eigenvalue weighted by Gasteiger charge is 2.26. The van der Waals surface area contributed by atoms with Crippen LogP contribution in [-0.2, 0) is 4.74 Å². The zero-order valence-corrected chi connectivity index (χ0v) is 13.0. The van der Waals surface area contributed by atoms with E-state index in [0.29, 0.717) is 34.1 Å². The Bertz CT molecular complexity index is 617. The van der Waals surface area contributed by atoms with Gasteiger partial charge in [-0.3, -0.25) is 4.90 Å². The first-order chi connectivity index (χ1) is 10.0. The second kappa shape index (κ2) is 6.78. The van der Waals surface area contributed by atoms with E-state index in [2.05, 4.69) is 10.1 Å². The molecule has 1 aliphatic heterocycles. The molecule has 6 nitrogen and oxygen atoms in total. The maximum atomic E-state index is 11.7. The molecule has 1 heterocycles. The van der Waals surface area contributed by atoms with Crippen LogP contribution >= 0.6 is 23.2 Å². The van der Waals surface area contributed by atoms with E-state index in [-0.39, 0.29) is 6.54 Å². The van der Waals surface area contributed by atoms with Crippen LogP contribution in [0.5, 0.6) is 5.75 Å². The number of amides is 1. The molecule has 0 bridgehead atoms. The van der Waals surface area contributed by atoms with Gasteiger partial charge in [0.1, 0.15) is 5.84 Å². The summed E-state index contributed by atoms with van der Waals surface area (Å²) in [5.41, 5.74) is 0. The van der Waals surface area contributed by atoms with Crippen molar-refractivity contribution in [3.8, 4) is 5.75 Å². The third-order valence-corrected chi connectivity index (χ3v) is 3.36. The Morgan fingerprint density at radius 1 is 1.43 bits per heavy atom. The minimum atomic E-state index is -0.460. The van der Waals surface area contributed by atoms with Crippen molar-refractivity contribution in [1.82, 2.24) is 4.90 Å². The lowest BCUT2D eigenvalue weighted by molar-refractivity contribution is 0.132. The summed E-state index contributed by atoms with van der Waals surface area (Å²) in [5.74, 6) is 1.30. The van der Waals surface area contributed by atoms with E-state index in [1.165, 1.54) is 4.90 Å². The topological polar surface area (TPSA) is 63.5 Å². The largest absolute Gasteiger partial charge is 0.449 e. The summed E-state index contributed by atoms with van der Waals surface area (Å²) in [6.45, 7) is 3.93. The summed E-state index contributed by atoms with van der Waals surface area (Å²) < 4.78 is 4.91. The third kappa shape index (κ3) is 3.86. The van der Waals surface area contributed by atoms with Crippen LogP contribution < -0.4 is 4.84 Å². The average molecular weight is 330 g/mol. The molecule has 0 spiro atoms. The van der Waals surface area contributed by atoms with Gasteiger partial charge >= 0.3 is 6.09 Å². The number of amidine groups is 2. The number of oxime groups is 1. The first-order valence-electron chi connectivity index (χ1n) is 6.19. The predicted octanol–water partition coefficient (Wildman–Crippen LogP) is 3.58. The lowest BCUT2D eigenvalue weighted by atomic mass is 10.3. The van der Waals surface area contributed by atoms with E-state index in [4.69, 9.17) is 32.8 Å². The van der Waals surface area contributed by atoms with Crippen LogP contribution in [0.2, 0.25) is 10.0 Å². The first-order valence-corrected chi connectivity index (χ1v) is 6.95. The van der Waals surface area contributed by atoms with Crippen molar-refractivity contribution in [2.24, 2.45) is 10.1 Å². The van der Waals surface area contributed by atoms with Gasteiger partial charge in [-0.25, -0.2) is 9.79 Å². The van der Waals surface area contributed by atoms with E-state index in [0.717, 1.165) is 0 Å². The summed E-state index contributed by atoms with van der Waals surface area (Å²) in [5, 5.41) is 4.68. The molecular weight excluding hydrogens is 317 g/mol. The van der Waals surface area contributed by atoms with Crippen molar-refractivity contribution < 1.29 is 14.4 Å². The fraction of sp³-hybridized carbons (Fsp3) is 0.308. The monoisotopic (exact) mass is 329 g/mol. The van der Waals surface area contributed by atoms with Gasteiger partial charge in [-0.2, -0.15) is 0 Å². The highest BCUT2D eigenvalue weighted by atomic mass is 35.5. The van der Waals surface area contributed by atoms with Gasteiger partial charge in [-0.05, 0) is 26.0 Å². The number of benzene rings is 1. The number of halogens is 2. The normalized spacial score (nSPS) is 16.1. The standard InChI is InChI=1S/C13H13Cl2N3O3/c1-3-20-13(19)18-7-12(16-8(18)2)17-21-9-4-5-10(14)11(15)6-9/h4-6H,3,7H2,1-2H3/b17-12+. The van der Waals surface area contributed by atoms with Crippen molar-refractivity contribution in [3.63, 3.8) is 0 Å². The molecule has 0 saturated heterocycles. The van der Waals surface area contributed by atoms with E-state index >= 15 is 0 Å². The number of nitrogens with zero attached hydrogens (tertiary/aromatic N) is 3. The Labute approximate surface area is 131 Å². The molecule has 1 amide bonds. The molecule has 1 aliphatic rings. The molecule has 0 saturated carbocycles. The van der Waals surface area contributed by atoms with E-state index in [1.807, 2.05) is 0 Å². The van der Waals surface area contributed by atoms with Crippen molar-refractivity contribution in [3.05, 3.63) is 28.2 Å². The molecule has 0 unspecified atom stereocenters. The van der Waals surface area contributed by atoms with Gasteiger partial charge in [-0.1, -0.05) is 28.4 Å². The second-order valence-electron chi connectivity index (χ2n) is 4.12. The lowest BCUT2D eigenvalue weighted by Crippen LogP contribution is -2.34. The van der Waals surface area contributed by atoms with Gasteiger partial charge in [-0.15, -0.1) is 0 Å². The van der Waals surface area contributed by atoms with Crippen LogP contribution in [0.3, 0.4) is 0 Å². The molecule has 8 heteroatoms. The maximum Gasteiger partial charge on any atom is 0.415 e. The zero-order valence-electron chi connectivity index (χ0n) is 11.5. The smallest absolute Gasteiger partial charge is 0.415 e. The van der Waals surface area contributed by atoms with E-state index < -0.39 is 6.09 Å². The summed E-state index contributed by atoms with van der Waals surface area (Å²) in [7, 11) is 0. The van der Waals surface area contributed by atoms with Crippen molar-refractivity contribution >= 4 is 41.0 Å². The summed E-state index contributed by atoms with van der Waals surface area (Å²) in [4.78, 5) is 22.4. The van der Waals surface area contributed by atoms with Crippen LogP contribution in [-0.4, -0.2) is 35.8 Å². The van der Waals surface area contributed by atoms with Gasteiger partial charge in [0.2, 0.25) is 0 Å². The lowest BCUT2D eigenvalue weighted by Gasteiger charge is -2.13. The number of rotatable bonds is 3. The van der Waals surface area contributed by atoms with Crippen LogP contribution in [0, 0.1) is 0 Å². The van der Waals surface area contributed by atoms with E-state index in [9.17, 15) is 4.79 Å². The van der Waals surface area contributed by atoms with Gasteiger partial charge in [0.05, 0.1) is 23.2 Å². The number of hydrogen-bond donors (Lipinski definition) is 0. The number of carbonyl (C=O) groups is 1. The van der Waals surface area contributed by atoms with Gasteiger partial charge < -0.3 is 9.57 Å². The van der Waals surface area contributed by atoms with Crippen LogP contribution in [0.25, 0.3) is 0 Å². The zero-order chi connectivity index (χ0) is 15.4. The molecule has 0 fully saturated rings. The molecule has 21 heavy (non-hydrogen) atoms. The molecule has 2 rings (SSSR count). The quantitative estimate of drug-likeness (QED) is 0.796. The van der Waals surface area contributed by atoms with Crippen molar-refractivity contribution in [2.45, 2.75) is 13.8 Å². The second-order valence-corrected chi connectivity index (χ2v) is 4.93. The third-order valence-electron chi connectivity index (χ3n) is 2.62. The molecule has 1 aromatic rings. The summed E-state index contributed by atoms with van der Waals surface area (Å²) in [6, 6.07) is 4.78. The molecule has 0 atom stereocenters. The van der Waals surface area contributed by atoms with Crippen LogP contribution in [0.15, 0.2) is 28.3 Å². The molecule has 0 aliphatic carbocycles. The van der Waals surface area contributed by atoms with Gasteiger partial charge in [0, 0.05) is 6.07 Å². The Morgan fingerprint density at radius 2 is 2.19 bits per heavy atom. The molecule has 0 aromatic heterocycles. The highest BCUT2D eigenvalue weighted by Crippen LogP contribution is 2.26. The van der Waals surface area contributed by atoms with Crippen LogP contribution in [0.4, 0.5) is 4.79 Å². The molecular formula is C13H13Cl2N3O3. The summed E-state index contributed by atoms with van der Waals surface area (Å²) in [6.07, 6.45) is -0.460. The van der Waals surface area contributed by atoms with Gasteiger partial charge in [0.25, 0.3) is 0 Å². The van der Waals surface area contributed by atoms with E-state index in [1.54, 1.807) is 32.0 Å². The van der Waals surface area contributed by atoms with Crippen LogP contribution in [0.1, 0.15) is 13.8 Å². The maximum absolute atomic E-state index is 11.7. The molecule has 0 N–H and O–H groups in total. The Balaban J connectivity index is 2.03. The van der Waals surface area contributed by atoms with Gasteiger partial charge in [0.15, 0.2) is 11.6 Å². The Morgan fingerprint density at radius 3 is 2.86 bits per heavy atom.